The minimum absolute atomic E-state index is 0.371. The lowest BCUT2D eigenvalue weighted by atomic mass is 10.00. The molecule has 2 rings (SSSR count). The van der Waals surface area contributed by atoms with Crippen molar-refractivity contribution in [2.24, 2.45) is 5.16 Å². The average Bonchev–Trinajstić information content (AvgIpc) is 2.30. The summed E-state index contributed by atoms with van der Waals surface area (Å²) in [4.78, 5) is 1.99. The Bertz CT molecular complexity index is 434. The summed E-state index contributed by atoms with van der Waals surface area (Å²) in [6.07, 6.45) is 0.676. The van der Waals surface area contributed by atoms with Gasteiger partial charge in [0.15, 0.2) is 0 Å². The number of rotatable bonds is 1. The second-order valence-electron chi connectivity index (χ2n) is 3.39. The molecule has 0 unspecified atom stereocenters. The summed E-state index contributed by atoms with van der Waals surface area (Å²) in [7, 11) is 0. The first-order valence-electron chi connectivity index (χ1n) is 4.79. The first-order chi connectivity index (χ1) is 7.36. The molecule has 1 aromatic carbocycles. The average molecular weight is 201 g/mol. The summed E-state index contributed by atoms with van der Waals surface area (Å²) in [6.45, 7) is 1.10. The molecular weight excluding hydrogens is 190 g/mol. The molecule has 0 aliphatic carbocycles. The third-order valence-electron chi connectivity index (χ3n) is 2.56. The van der Waals surface area contributed by atoms with Gasteiger partial charge in [0.2, 0.25) is 0 Å². The van der Waals surface area contributed by atoms with Crippen molar-refractivity contribution in [3.8, 4) is 6.07 Å². The number of nitriles is 1. The molecule has 0 fully saturated rings. The fourth-order valence-corrected chi connectivity index (χ4v) is 1.84. The molecule has 0 saturated carbocycles. The van der Waals surface area contributed by atoms with E-state index in [0.717, 1.165) is 17.8 Å². The van der Waals surface area contributed by atoms with Crippen molar-refractivity contribution in [3.63, 3.8) is 0 Å². The maximum atomic E-state index is 8.86. The number of nitrogens with zero attached hydrogens (tertiary/aromatic N) is 3. The van der Waals surface area contributed by atoms with Crippen LogP contribution in [0, 0.1) is 11.3 Å². The molecule has 0 bridgehead atoms. The Morgan fingerprint density at radius 1 is 1.47 bits per heavy atom. The highest BCUT2D eigenvalue weighted by atomic mass is 16.4. The van der Waals surface area contributed by atoms with Gasteiger partial charge < -0.3 is 10.1 Å². The van der Waals surface area contributed by atoms with E-state index < -0.39 is 0 Å². The highest BCUT2D eigenvalue weighted by molar-refractivity contribution is 6.06. The zero-order chi connectivity index (χ0) is 10.7. The van der Waals surface area contributed by atoms with Crippen LogP contribution in [0.5, 0.6) is 0 Å². The van der Waals surface area contributed by atoms with Crippen molar-refractivity contribution in [2.75, 3.05) is 18.0 Å². The van der Waals surface area contributed by atoms with Gasteiger partial charge in [-0.25, -0.2) is 0 Å². The lowest BCUT2D eigenvalue weighted by molar-refractivity contribution is 0.318. The highest BCUT2D eigenvalue weighted by Crippen LogP contribution is 2.26. The summed E-state index contributed by atoms with van der Waals surface area (Å²) in [5, 5.41) is 20.8. The van der Waals surface area contributed by atoms with Gasteiger partial charge in [0, 0.05) is 24.2 Å². The minimum Gasteiger partial charge on any atom is -0.411 e. The lowest BCUT2D eigenvalue weighted by Gasteiger charge is -2.29. The summed E-state index contributed by atoms with van der Waals surface area (Å²) in [6, 6.07) is 9.81. The summed E-state index contributed by atoms with van der Waals surface area (Å²) in [5.41, 5.74) is 2.58. The van der Waals surface area contributed by atoms with Gasteiger partial charge in [0.05, 0.1) is 11.8 Å². The topological polar surface area (TPSA) is 59.6 Å². The van der Waals surface area contributed by atoms with Crippen LogP contribution in [-0.4, -0.2) is 24.0 Å². The minimum atomic E-state index is 0.371. The van der Waals surface area contributed by atoms with E-state index in [9.17, 15) is 0 Å². The Hall–Kier alpha value is -2.02. The fraction of sp³-hybridized carbons (Fsp3) is 0.273. The zero-order valence-electron chi connectivity index (χ0n) is 8.22. The SMILES string of the molecule is N#CCN1CCC(=NO)c2ccccc21. The van der Waals surface area contributed by atoms with Gasteiger partial charge in [-0.2, -0.15) is 5.26 Å². The largest absolute Gasteiger partial charge is 0.411 e. The smallest absolute Gasteiger partial charge is 0.105 e. The molecule has 0 atom stereocenters. The molecule has 0 aromatic heterocycles. The first-order valence-corrected chi connectivity index (χ1v) is 4.79. The predicted octanol–water partition coefficient (Wildman–Crippen LogP) is 1.60. The first kappa shape index (κ1) is 9.53. The maximum absolute atomic E-state index is 8.86. The molecule has 1 aliphatic heterocycles. The molecule has 4 heteroatoms. The van der Waals surface area contributed by atoms with Crippen molar-refractivity contribution in [1.29, 1.82) is 5.26 Å². The second kappa shape index (κ2) is 4.01. The summed E-state index contributed by atoms with van der Waals surface area (Å²) < 4.78 is 0. The molecule has 15 heavy (non-hydrogen) atoms. The number of oxime groups is 1. The Morgan fingerprint density at radius 2 is 2.27 bits per heavy atom. The molecule has 1 N–H and O–H groups in total. The maximum Gasteiger partial charge on any atom is 0.105 e. The molecule has 0 saturated heterocycles. The number of hydrogen-bond acceptors (Lipinski definition) is 4. The molecule has 1 aromatic rings. The van der Waals surface area contributed by atoms with E-state index in [0.29, 0.717) is 18.7 Å². The number of hydrogen-bond donors (Lipinski definition) is 1. The molecule has 1 aliphatic rings. The Kier molecular flexibility index (Phi) is 2.55. The monoisotopic (exact) mass is 201 g/mol. The Labute approximate surface area is 88.0 Å². The van der Waals surface area contributed by atoms with Crippen molar-refractivity contribution in [2.45, 2.75) is 6.42 Å². The van der Waals surface area contributed by atoms with Gasteiger partial charge in [-0.05, 0) is 6.07 Å². The van der Waals surface area contributed by atoms with Crippen molar-refractivity contribution in [3.05, 3.63) is 29.8 Å². The molecule has 0 radical (unpaired) electrons. The van der Waals surface area contributed by atoms with Gasteiger partial charge in [0.1, 0.15) is 6.54 Å². The van der Waals surface area contributed by atoms with Crippen LogP contribution < -0.4 is 4.90 Å². The normalized spacial score (nSPS) is 17.3. The van der Waals surface area contributed by atoms with Crippen LogP contribution in [0.3, 0.4) is 0 Å². The molecular formula is C11H11N3O. The van der Waals surface area contributed by atoms with E-state index >= 15 is 0 Å². The predicted molar refractivity (Wildman–Crippen MR) is 57.2 cm³/mol. The molecule has 76 valence electrons. The van der Waals surface area contributed by atoms with Crippen LogP contribution in [0.1, 0.15) is 12.0 Å². The van der Waals surface area contributed by atoms with E-state index in [1.807, 2.05) is 29.2 Å². The van der Waals surface area contributed by atoms with Crippen LogP contribution in [0.4, 0.5) is 5.69 Å². The van der Waals surface area contributed by atoms with Gasteiger partial charge >= 0.3 is 0 Å². The number of benzene rings is 1. The third kappa shape index (κ3) is 1.64. The van der Waals surface area contributed by atoms with E-state index in [2.05, 4.69) is 11.2 Å². The number of anilines is 1. The van der Waals surface area contributed by atoms with Crippen molar-refractivity contribution >= 4 is 11.4 Å². The standard InChI is InChI=1S/C11H11N3O/c12-6-8-14-7-5-10(13-15)9-3-1-2-4-11(9)14/h1-4,15H,5,7-8H2. The summed E-state index contributed by atoms with van der Waals surface area (Å²) in [5.74, 6) is 0. The van der Waals surface area contributed by atoms with Crippen molar-refractivity contribution < 1.29 is 5.21 Å². The number of fused-ring (bicyclic) bond motifs is 1. The van der Waals surface area contributed by atoms with E-state index in [1.54, 1.807) is 0 Å². The van der Waals surface area contributed by atoms with Gasteiger partial charge in [-0.3, -0.25) is 0 Å². The van der Waals surface area contributed by atoms with Crippen LogP contribution in [0.15, 0.2) is 29.4 Å². The van der Waals surface area contributed by atoms with E-state index in [-0.39, 0.29) is 0 Å². The second-order valence-corrected chi connectivity index (χ2v) is 3.39. The van der Waals surface area contributed by atoms with Crippen LogP contribution in [0.2, 0.25) is 0 Å². The van der Waals surface area contributed by atoms with Gasteiger partial charge in [-0.1, -0.05) is 23.4 Å². The Balaban J connectivity index is 2.44. The molecule has 0 spiro atoms. The van der Waals surface area contributed by atoms with Crippen LogP contribution >= 0.6 is 0 Å². The van der Waals surface area contributed by atoms with Crippen LogP contribution in [-0.2, 0) is 0 Å². The lowest BCUT2D eigenvalue weighted by Crippen LogP contribution is -2.32. The van der Waals surface area contributed by atoms with Gasteiger partial charge in [0.25, 0.3) is 0 Å². The molecule has 0 amide bonds. The summed E-state index contributed by atoms with van der Waals surface area (Å²) >= 11 is 0. The Morgan fingerprint density at radius 3 is 3.00 bits per heavy atom. The molecule has 1 heterocycles. The van der Waals surface area contributed by atoms with Crippen molar-refractivity contribution in [1.82, 2.24) is 0 Å². The third-order valence-corrected chi connectivity index (χ3v) is 2.56. The van der Waals surface area contributed by atoms with E-state index in [1.165, 1.54) is 0 Å². The quantitative estimate of drug-likeness (QED) is 0.426. The highest BCUT2D eigenvalue weighted by Gasteiger charge is 2.20. The fourth-order valence-electron chi connectivity index (χ4n) is 1.84. The zero-order valence-corrected chi connectivity index (χ0v) is 8.22. The van der Waals surface area contributed by atoms with E-state index in [4.69, 9.17) is 10.5 Å². The number of para-hydroxylation sites is 1. The van der Waals surface area contributed by atoms with Gasteiger partial charge in [-0.15, -0.1) is 0 Å². The molecule has 4 nitrogen and oxygen atoms in total. The van der Waals surface area contributed by atoms with Crippen LogP contribution in [0.25, 0.3) is 0 Å².